The summed E-state index contributed by atoms with van der Waals surface area (Å²) in [6.07, 6.45) is -7.19. The lowest BCUT2D eigenvalue weighted by atomic mass is 10.1. The van der Waals surface area contributed by atoms with Gasteiger partial charge in [-0.05, 0) is 24.5 Å². The summed E-state index contributed by atoms with van der Waals surface area (Å²) in [5.41, 5.74) is 1.07. The maximum atomic E-state index is 16.3. The van der Waals surface area contributed by atoms with E-state index in [1.165, 1.54) is 4.57 Å². The fourth-order valence-electron chi connectivity index (χ4n) is 6.64. The third kappa shape index (κ3) is 5.46. The Hall–Kier alpha value is -2.95. The topological polar surface area (TPSA) is 170 Å². The third-order valence-electron chi connectivity index (χ3n) is 8.76. The summed E-state index contributed by atoms with van der Waals surface area (Å²) < 4.78 is 109. The van der Waals surface area contributed by atoms with Crippen LogP contribution in [0.1, 0.15) is 24.4 Å². The SMILES string of the molecule is [B]P1(=O)OC[C@H]2O[C@@H](n3cc(F)c4c(=O)[nH]cnc43)C(F)[C@H]2OP([B])(=O)OC[C@H]2O[C@@H](n3cc4c5c(ccnc53)NCCC4)[C@@H](F)C2O1. The van der Waals surface area contributed by atoms with E-state index in [4.69, 9.17) is 42.7 Å². The standard InChI is InChI=1S/C26H25B2F3N6O9P2/c27-47(39)42-9-15-21(19(31)26(44-15)37-7-12(29)17-23(37)34-10-35-24(17)38)46-48(28,40)41-8-14-20(45-47)18(30)25(43-14)36-6-11-2-1-4-32-13-3-5-33-22(36)16(11)13/h3,5-7,10,14-15,18-21,25-26,32H,1-2,4,8-9H2,(H,34,35,38)/t14-,15-,18+,19?,20?,21+,25-,26-,47?,48?/m1/s1. The Morgan fingerprint density at radius 1 is 0.896 bits per heavy atom. The molecule has 8 rings (SSSR count). The number of hydrogen-bond donors (Lipinski definition) is 2. The Kier molecular flexibility index (Phi) is 7.96. The fourth-order valence-corrected chi connectivity index (χ4v) is 8.66. The molecule has 22 heteroatoms. The number of fused-ring (bicyclic) bond motifs is 3. The first kappa shape index (κ1) is 32.3. The molecule has 15 nitrogen and oxygen atoms in total. The largest absolute Gasteiger partial charge is 0.384 e. The first-order valence-corrected chi connectivity index (χ1v) is 18.1. The van der Waals surface area contributed by atoms with Gasteiger partial charge in [-0.3, -0.25) is 18.5 Å². The highest BCUT2D eigenvalue weighted by Crippen LogP contribution is 2.54. The number of anilines is 1. The monoisotopic (exact) mass is 706 g/mol. The number of aryl methyl sites for hydroxylation is 1. The molecule has 8 heterocycles. The average molecular weight is 706 g/mol. The molecule has 0 saturated carbocycles. The number of nitrogens with one attached hydrogen (secondary N) is 2. The van der Waals surface area contributed by atoms with E-state index in [1.54, 1.807) is 12.4 Å². The molecule has 0 amide bonds. The van der Waals surface area contributed by atoms with Crippen molar-refractivity contribution in [3.05, 3.63) is 52.7 Å². The zero-order valence-corrected chi connectivity index (χ0v) is 26.5. The maximum Gasteiger partial charge on any atom is 0.264 e. The quantitative estimate of drug-likeness (QED) is 0.231. The normalized spacial score (nSPS) is 37.3. The summed E-state index contributed by atoms with van der Waals surface area (Å²) in [5, 5.41) is 3.66. The summed E-state index contributed by atoms with van der Waals surface area (Å²) in [4.78, 5) is 22.7. The van der Waals surface area contributed by atoms with Gasteiger partial charge in [-0.15, -0.1) is 0 Å². The Balaban J connectivity index is 1.08. The molecule has 0 bridgehead atoms. The number of nitrogens with zero attached hydrogens (tertiary/aromatic N) is 4. The van der Waals surface area contributed by atoms with Gasteiger partial charge in [0.05, 0.1) is 19.5 Å². The highest BCUT2D eigenvalue weighted by molar-refractivity contribution is 7.79. The highest BCUT2D eigenvalue weighted by atomic mass is 31.2. The molecule has 4 radical (unpaired) electrons. The van der Waals surface area contributed by atoms with Crippen LogP contribution in [0.4, 0.5) is 18.9 Å². The zero-order chi connectivity index (χ0) is 33.5. The smallest absolute Gasteiger partial charge is 0.264 e. The van der Waals surface area contributed by atoms with E-state index in [9.17, 15) is 18.3 Å². The number of rotatable bonds is 2. The molecule has 10 atom stereocenters. The summed E-state index contributed by atoms with van der Waals surface area (Å²) in [5.74, 6) is -1.02. The number of pyridine rings is 1. The molecule has 0 aliphatic carbocycles. The van der Waals surface area contributed by atoms with Crippen LogP contribution in [0.15, 0.2) is 35.8 Å². The molecular formula is C26H25B2F3N6O9P2. The van der Waals surface area contributed by atoms with Gasteiger partial charge in [-0.2, -0.15) is 0 Å². The number of H-pyrrole nitrogens is 1. The molecule has 250 valence electrons. The van der Waals surface area contributed by atoms with Gasteiger partial charge in [0.15, 0.2) is 36.3 Å². The van der Waals surface area contributed by atoms with Crippen LogP contribution in [0.3, 0.4) is 0 Å². The predicted octanol–water partition coefficient (Wildman–Crippen LogP) is 3.11. The zero-order valence-electron chi connectivity index (χ0n) is 24.7. The van der Waals surface area contributed by atoms with Gasteiger partial charge in [-0.25, -0.2) is 23.1 Å². The van der Waals surface area contributed by atoms with Crippen molar-refractivity contribution in [1.29, 1.82) is 0 Å². The van der Waals surface area contributed by atoms with E-state index >= 15 is 8.78 Å². The molecule has 0 spiro atoms. The van der Waals surface area contributed by atoms with Crippen LogP contribution >= 0.6 is 14.9 Å². The van der Waals surface area contributed by atoms with Crippen molar-refractivity contribution >= 4 is 57.8 Å². The number of aromatic amines is 1. The number of aromatic nitrogens is 5. The predicted molar refractivity (Wildman–Crippen MR) is 163 cm³/mol. The van der Waals surface area contributed by atoms with Crippen LogP contribution in [0.5, 0.6) is 0 Å². The minimum absolute atomic E-state index is 0.266. The van der Waals surface area contributed by atoms with Crippen molar-refractivity contribution in [2.45, 2.75) is 62.1 Å². The van der Waals surface area contributed by atoms with E-state index in [-0.39, 0.29) is 5.65 Å². The molecule has 4 unspecified atom stereocenters. The van der Waals surface area contributed by atoms with Crippen molar-refractivity contribution in [1.82, 2.24) is 24.1 Å². The summed E-state index contributed by atoms with van der Waals surface area (Å²) in [7, 11) is 2.43. The molecule has 4 aliphatic rings. The van der Waals surface area contributed by atoms with Gasteiger partial charge in [0, 0.05) is 36.2 Å². The average Bonchev–Trinajstić information content (AvgIpc) is 3.70. The summed E-state index contributed by atoms with van der Waals surface area (Å²) in [6.45, 7) is -0.770. The van der Waals surface area contributed by atoms with Crippen molar-refractivity contribution in [3.63, 3.8) is 0 Å². The van der Waals surface area contributed by atoms with Crippen molar-refractivity contribution in [2.75, 3.05) is 25.1 Å². The third-order valence-corrected chi connectivity index (χ3v) is 10.8. The van der Waals surface area contributed by atoms with Crippen molar-refractivity contribution < 1.29 is 49.9 Å². The Labute approximate surface area is 271 Å². The maximum absolute atomic E-state index is 16.3. The Morgan fingerprint density at radius 2 is 1.50 bits per heavy atom. The van der Waals surface area contributed by atoms with Crippen molar-refractivity contribution in [3.8, 4) is 0 Å². The number of ether oxygens (including phenoxy) is 2. The molecular weight excluding hydrogens is 681 g/mol. The second kappa shape index (κ2) is 11.8. The molecule has 4 aromatic heterocycles. The molecule has 48 heavy (non-hydrogen) atoms. The van der Waals surface area contributed by atoms with E-state index < -0.39 is 94.1 Å². The van der Waals surface area contributed by atoms with E-state index in [0.29, 0.717) is 12.1 Å². The highest BCUT2D eigenvalue weighted by Gasteiger charge is 2.53. The van der Waals surface area contributed by atoms with Crippen LogP contribution in [0.25, 0.3) is 22.1 Å². The minimum atomic E-state index is -4.67. The minimum Gasteiger partial charge on any atom is -0.384 e. The van der Waals surface area contributed by atoms with Crippen LogP contribution in [-0.4, -0.2) is 95.7 Å². The van der Waals surface area contributed by atoms with E-state index in [2.05, 4.69) is 20.3 Å². The van der Waals surface area contributed by atoms with Gasteiger partial charge in [-0.1, -0.05) is 0 Å². The second-order valence-electron chi connectivity index (χ2n) is 11.8. The van der Waals surface area contributed by atoms with Crippen LogP contribution in [-0.2, 0) is 43.1 Å². The second-order valence-corrected chi connectivity index (χ2v) is 14.9. The van der Waals surface area contributed by atoms with Crippen LogP contribution in [0.2, 0.25) is 0 Å². The lowest BCUT2D eigenvalue weighted by Gasteiger charge is -2.29. The first-order valence-electron chi connectivity index (χ1n) is 14.9. The Morgan fingerprint density at radius 3 is 2.15 bits per heavy atom. The number of alkyl halides is 2. The van der Waals surface area contributed by atoms with E-state index in [1.807, 2.05) is 6.07 Å². The lowest BCUT2D eigenvalue weighted by Crippen LogP contribution is -2.37. The Bertz CT molecular complexity index is 2070. The van der Waals surface area contributed by atoms with Crippen LogP contribution < -0.4 is 10.9 Å². The lowest BCUT2D eigenvalue weighted by molar-refractivity contribution is -0.0547. The molecule has 0 aromatic carbocycles. The molecule has 2 N–H and O–H groups in total. The molecule has 3 fully saturated rings. The molecule has 4 aliphatic heterocycles. The fraction of sp³-hybridized carbons (Fsp3) is 0.500. The molecule has 3 saturated heterocycles. The van der Waals surface area contributed by atoms with Crippen LogP contribution in [0, 0.1) is 5.82 Å². The van der Waals surface area contributed by atoms with Gasteiger partial charge < -0.3 is 42.4 Å². The van der Waals surface area contributed by atoms with Gasteiger partial charge in [0.25, 0.3) is 20.5 Å². The summed E-state index contributed by atoms with van der Waals surface area (Å²) in [6, 6.07) is 1.81. The van der Waals surface area contributed by atoms with Gasteiger partial charge >= 0.3 is 0 Å². The number of halogens is 3. The van der Waals surface area contributed by atoms with Gasteiger partial charge in [0.1, 0.15) is 35.4 Å². The number of hydrogen-bond acceptors (Lipinski definition) is 12. The molecule has 4 aromatic rings. The summed E-state index contributed by atoms with van der Waals surface area (Å²) >= 11 is 0. The van der Waals surface area contributed by atoms with Gasteiger partial charge in [0.2, 0.25) is 15.1 Å². The first-order chi connectivity index (χ1) is 22.9. The van der Waals surface area contributed by atoms with Crippen molar-refractivity contribution in [2.24, 2.45) is 0 Å². The van der Waals surface area contributed by atoms with E-state index in [0.717, 1.165) is 46.7 Å².